The number of aryl methyl sites for hydroxylation is 2. The van der Waals surface area contributed by atoms with E-state index in [-0.39, 0.29) is 6.10 Å². The number of hydrogen-bond donors (Lipinski definition) is 0. The van der Waals surface area contributed by atoms with Crippen molar-refractivity contribution in [1.29, 1.82) is 0 Å². The Balaban J connectivity index is 1.47. The molecule has 0 spiro atoms. The van der Waals surface area contributed by atoms with Crippen LogP contribution in [0.2, 0.25) is 0 Å². The first-order chi connectivity index (χ1) is 15.3. The summed E-state index contributed by atoms with van der Waals surface area (Å²) >= 11 is 0. The molecule has 1 saturated heterocycles. The minimum absolute atomic E-state index is 0.171. The van der Waals surface area contributed by atoms with Crippen molar-refractivity contribution in [2.24, 2.45) is 7.05 Å². The Labute approximate surface area is 181 Å². The highest BCUT2D eigenvalue weighted by atomic mass is 19.4. The molecule has 0 aromatic carbocycles. The summed E-state index contributed by atoms with van der Waals surface area (Å²) in [6, 6.07) is 4.03. The summed E-state index contributed by atoms with van der Waals surface area (Å²) < 4.78 is 48.7. The number of aromatic nitrogens is 6. The Morgan fingerprint density at radius 3 is 2.72 bits per heavy atom. The monoisotopic (exact) mass is 443 g/mol. The summed E-state index contributed by atoms with van der Waals surface area (Å²) in [6.45, 7) is 3.58. The number of alkyl halides is 3. The van der Waals surface area contributed by atoms with Gasteiger partial charge in [-0.15, -0.1) is 0 Å². The van der Waals surface area contributed by atoms with Gasteiger partial charge < -0.3 is 9.64 Å². The molecule has 0 amide bonds. The number of rotatable bonds is 3. The maximum Gasteiger partial charge on any atom is 0.417 e. The van der Waals surface area contributed by atoms with Crippen LogP contribution in [0.25, 0.3) is 17.0 Å². The van der Waals surface area contributed by atoms with Crippen molar-refractivity contribution in [2.75, 3.05) is 24.6 Å². The molecule has 0 bridgehead atoms. The van der Waals surface area contributed by atoms with Crippen molar-refractivity contribution in [2.45, 2.75) is 19.2 Å². The number of ether oxygens (including phenoxy) is 1. The van der Waals surface area contributed by atoms with E-state index in [9.17, 15) is 13.2 Å². The van der Waals surface area contributed by atoms with E-state index in [1.165, 1.54) is 16.7 Å². The molecule has 1 fully saturated rings. The number of imidazole rings is 1. The fraction of sp³-hybridized carbons (Fsp3) is 0.333. The van der Waals surface area contributed by atoms with Crippen LogP contribution in [0.15, 0.2) is 43.0 Å². The van der Waals surface area contributed by atoms with Crippen LogP contribution in [-0.4, -0.2) is 48.8 Å². The third-order valence-corrected chi connectivity index (χ3v) is 5.49. The van der Waals surface area contributed by atoms with Crippen LogP contribution in [0.5, 0.6) is 0 Å². The Morgan fingerprint density at radius 1 is 1.12 bits per heavy atom. The zero-order valence-electron chi connectivity index (χ0n) is 17.4. The SMILES string of the molecule is Cc1nn(C)cc1[C@@H]1CN(c2nccc(-c3cnc4ccc(C(F)(F)F)cn34)n2)CCO1. The third-order valence-electron chi connectivity index (χ3n) is 5.49. The van der Waals surface area contributed by atoms with Crippen LogP contribution in [0.3, 0.4) is 0 Å². The van der Waals surface area contributed by atoms with Crippen molar-refractivity contribution in [3.8, 4) is 11.4 Å². The van der Waals surface area contributed by atoms with E-state index < -0.39 is 11.7 Å². The zero-order chi connectivity index (χ0) is 22.5. The van der Waals surface area contributed by atoms with E-state index >= 15 is 0 Å². The molecular weight excluding hydrogens is 423 g/mol. The van der Waals surface area contributed by atoms with Crippen LogP contribution in [0, 0.1) is 6.92 Å². The molecule has 1 aliphatic heterocycles. The van der Waals surface area contributed by atoms with Gasteiger partial charge in [0.1, 0.15) is 11.8 Å². The van der Waals surface area contributed by atoms with Crippen LogP contribution in [0.1, 0.15) is 22.9 Å². The number of hydrogen-bond acceptors (Lipinski definition) is 6. The minimum atomic E-state index is -4.44. The van der Waals surface area contributed by atoms with Gasteiger partial charge in [0.25, 0.3) is 0 Å². The molecule has 166 valence electrons. The molecule has 4 aromatic rings. The fourth-order valence-corrected chi connectivity index (χ4v) is 3.93. The van der Waals surface area contributed by atoms with Crippen molar-refractivity contribution >= 4 is 11.6 Å². The second-order valence-electron chi connectivity index (χ2n) is 7.68. The molecular formula is C21H20F3N7O. The zero-order valence-corrected chi connectivity index (χ0v) is 17.4. The lowest BCUT2D eigenvalue weighted by atomic mass is 10.1. The first-order valence-electron chi connectivity index (χ1n) is 10.0. The molecule has 1 atom stereocenters. The first-order valence-corrected chi connectivity index (χ1v) is 10.0. The third kappa shape index (κ3) is 3.68. The fourth-order valence-electron chi connectivity index (χ4n) is 3.93. The molecule has 32 heavy (non-hydrogen) atoms. The average molecular weight is 443 g/mol. The standard InChI is InChI=1S/C21H20F3N7O/c1-13-15(11-29(2)28-13)18-12-30(7-8-32-18)20-25-6-5-16(27-20)17-9-26-19-4-3-14(10-31(17)19)21(22,23)24/h3-6,9-11,18H,7-8,12H2,1-2H3/t18-/m0/s1. The summed E-state index contributed by atoms with van der Waals surface area (Å²) in [6.07, 6.45) is 1.48. The van der Waals surface area contributed by atoms with Crippen LogP contribution in [0.4, 0.5) is 19.1 Å². The summed E-state index contributed by atoms with van der Waals surface area (Å²) in [7, 11) is 1.86. The van der Waals surface area contributed by atoms with Gasteiger partial charge in [-0.1, -0.05) is 0 Å². The van der Waals surface area contributed by atoms with Gasteiger partial charge in [0.15, 0.2) is 0 Å². The van der Waals surface area contributed by atoms with Crippen molar-refractivity contribution < 1.29 is 17.9 Å². The Kier molecular flexibility index (Phi) is 4.85. The second kappa shape index (κ2) is 7.59. The summed E-state index contributed by atoms with van der Waals surface area (Å²) in [5, 5.41) is 4.38. The van der Waals surface area contributed by atoms with E-state index in [0.717, 1.165) is 23.5 Å². The highest BCUT2D eigenvalue weighted by Crippen LogP contribution is 2.31. The predicted octanol–water partition coefficient (Wildman–Crippen LogP) is 3.43. The molecule has 0 radical (unpaired) electrons. The average Bonchev–Trinajstić information content (AvgIpc) is 3.35. The largest absolute Gasteiger partial charge is 0.417 e. The molecule has 4 aromatic heterocycles. The highest BCUT2D eigenvalue weighted by molar-refractivity contribution is 5.61. The number of morpholine rings is 1. The number of pyridine rings is 1. The van der Waals surface area contributed by atoms with Crippen molar-refractivity contribution in [3.05, 3.63) is 59.8 Å². The van der Waals surface area contributed by atoms with Gasteiger partial charge in [0.05, 0.1) is 42.0 Å². The minimum Gasteiger partial charge on any atom is -0.370 e. The maximum absolute atomic E-state index is 13.2. The first kappa shape index (κ1) is 20.4. The van der Waals surface area contributed by atoms with Gasteiger partial charge in [-0.3, -0.25) is 9.08 Å². The highest BCUT2D eigenvalue weighted by Gasteiger charge is 2.31. The van der Waals surface area contributed by atoms with Crippen molar-refractivity contribution in [3.63, 3.8) is 0 Å². The van der Waals surface area contributed by atoms with Gasteiger partial charge in [-0.05, 0) is 25.1 Å². The van der Waals surface area contributed by atoms with Gasteiger partial charge in [-0.25, -0.2) is 15.0 Å². The topological polar surface area (TPSA) is 73.4 Å². The van der Waals surface area contributed by atoms with E-state index in [1.54, 1.807) is 16.9 Å². The Hall–Kier alpha value is -3.47. The molecule has 8 nitrogen and oxygen atoms in total. The van der Waals surface area contributed by atoms with Gasteiger partial charge in [0.2, 0.25) is 5.95 Å². The number of anilines is 1. The van der Waals surface area contributed by atoms with Crippen LogP contribution < -0.4 is 4.90 Å². The molecule has 0 saturated carbocycles. The van der Waals surface area contributed by atoms with Crippen molar-refractivity contribution in [1.82, 2.24) is 29.1 Å². The quantitative estimate of drug-likeness (QED) is 0.483. The molecule has 0 aliphatic carbocycles. The molecule has 11 heteroatoms. The molecule has 0 unspecified atom stereocenters. The molecule has 0 N–H and O–H groups in total. The van der Waals surface area contributed by atoms with Crippen LogP contribution >= 0.6 is 0 Å². The van der Waals surface area contributed by atoms with Gasteiger partial charge in [0, 0.05) is 37.7 Å². The number of halogens is 3. The summed E-state index contributed by atoms with van der Waals surface area (Å²) in [5.41, 5.74) is 2.52. The lowest BCUT2D eigenvalue weighted by Crippen LogP contribution is -2.39. The van der Waals surface area contributed by atoms with E-state index in [1.807, 2.05) is 25.1 Å². The predicted molar refractivity (Wildman–Crippen MR) is 110 cm³/mol. The smallest absolute Gasteiger partial charge is 0.370 e. The summed E-state index contributed by atoms with van der Waals surface area (Å²) in [4.78, 5) is 15.3. The molecule has 5 rings (SSSR count). The van der Waals surface area contributed by atoms with E-state index in [2.05, 4.69) is 20.1 Å². The van der Waals surface area contributed by atoms with Gasteiger partial charge >= 0.3 is 6.18 Å². The number of nitrogens with zero attached hydrogens (tertiary/aromatic N) is 7. The van der Waals surface area contributed by atoms with Gasteiger partial charge in [-0.2, -0.15) is 18.3 Å². The maximum atomic E-state index is 13.2. The lowest BCUT2D eigenvalue weighted by molar-refractivity contribution is -0.137. The summed E-state index contributed by atoms with van der Waals surface area (Å²) in [5.74, 6) is 0.485. The normalized spacial score (nSPS) is 17.3. The van der Waals surface area contributed by atoms with E-state index in [4.69, 9.17) is 4.74 Å². The Morgan fingerprint density at radius 2 is 1.97 bits per heavy atom. The van der Waals surface area contributed by atoms with E-state index in [0.29, 0.717) is 42.7 Å². The van der Waals surface area contributed by atoms with Crippen LogP contribution in [-0.2, 0) is 18.0 Å². The molecule has 1 aliphatic rings. The molecule has 5 heterocycles. The Bertz CT molecular complexity index is 1280. The second-order valence-corrected chi connectivity index (χ2v) is 7.68. The lowest BCUT2D eigenvalue weighted by Gasteiger charge is -2.33. The number of fused-ring (bicyclic) bond motifs is 1.